The molecule has 1 aliphatic carbocycles. The minimum atomic E-state index is 0.827. The molecular formula is C49H30O2. The average Bonchev–Trinajstić information content (AvgIpc) is 3.72. The van der Waals surface area contributed by atoms with Crippen LogP contribution in [0.15, 0.2) is 179 Å². The van der Waals surface area contributed by atoms with Crippen molar-refractivity contribution in [2.45, 2.75) is 6.42 Å². The van der Waals surface area contributed by atoms with Crippen LogP contribution in [-0.2, 0) is 6.42 Å². The fourth-order valence-electron chi connectivity index (χ4n) is 8.21. The second-order valence-electron chi connectivity index (χ2n) is 13.6. The van der Waals surface area contributed by atoms with E-state index in [1.807, 2.05) is 12.1 Å². The first-order valence-corrected chi connectivity index (χ1v) is 17.5. The van der Waals surface area contributed by atoms with Gasteiger partial charge < -0.3 is 8.83 Å². The Morgan fingerprint density at radius 2 is 1.04 bits per heavy atom. The van der Waals surface area contributed by atoms with E-state index in [0.29, 0.717) is 0 Å². The van der Waals surface area contributed by atoms with Gasteiger partial charge in [-0.15, -0.1) is 0 Å². The molecule has 2 nitrogen and oxygen atoms in total. The summed E-state index contributed by atoms with van der Waals surface area (Å²) in [5, 5.41) is 5.92. The number of fused-ring (bicyclic) bond motifs is 11. The Balaban J connectivity index is 1.06. The maximum Gasteiger partial charge on any atom is 0.143 e. The van der Waals surface area contributed by atoms with Crippen LogP contribution < -0.4 is 0 Å². The normalized spacial score (nSPS) is 12.2. The van der Waals surface area contributed by atoms with Gasteiger partial charge in [0.2, 0.25) is 0 Å². The lowest BCUT2D eigenvalue weighted by molar-refractivity contribution is 0.632. The monoisotopic (exact) mass is 650 g/mol. The highest BCUT2D eigenvalue weighted by molar-refractivity contribution is 6.10. The van der Waals surface area contributed by atoms with Crippen LogP contribution in [0.25, 0.3) is 99.5 Å². The van der Waals surface area contributed by atoms with Gasteiger partial charge in [0, 0.05) is 32.8 Å². The van der Waals surface area contributed by atoms with Gasteiger partial charge >= 0.3 is 0 Å². The lowest BCUT2D eigenvalue weighted by atomic mass is 9.91. The first-order valence-electron chi connectivity index (χ1n) is 17.5. The third-order valence-corrected chi connectivity index (χ3v) is 10.7. The molecule has 11 rings (SSSR count). The van der Waals surface area contributed by atoms with E-state index in [1.165, 1.54) is 55.3 Å². The van der Waals surface area contributed by atoms with E-state index < -0.39 is 0 Å². The van der Waals surface area contributed by atoms with Gasteiger partial charge in [-0.3, -0.25) is 0 Å². The molecule has 0 unspecified atom stereocenters. The predicted molar refractivity (Wildman–Crippen MR) is 211 cm³/mol. The van der Waals surface area contributed by atoms with E-state index >= 15 is 0 Å². The van der Waals surface area contributed by atoms with Crippen molar-refractivity contribution >= 4 is 43.7 Å². The van der Waals surface area contributed by atoms with Gasteiger partial charge in [0.15, 0.2) is 0 Å². The van der Waals surface area contributed by atoms with Crippen LogP contribution in [-0.4, -0.2) is 0 Å². The van der Waals surface area contributed by atoms with Crippen LogP contribution in [0.4, 0.5) is 0 Å². The summed E-state index contributed by atoms with van der Waals surface area (Å²) in [5.41, 5.74) is 15.9. The molecule has 0 spiro atoms. The van der Waals surface area contributed by atoms with E-state index in [1.54, 1.807) is 0 Å². The molecule has 8 aromatic carbocycles. The fraction of sp³-hybridized carbons (Fsp3) is 0.0204. The second kappa shape index (κ2) is 10.9. The minimum absolute atomic E-state index is 0.827. The molecule has 0 bridgehead atoms. The zero-order valence-electron chi connectivity index (χ0n) is 27.7. The topological polar surface area (TPSA) is 26.3 Å². The Morgan fingerprint density at radius 3 is 2.02 bits per heavy atom. The van der Waals surface area contributed by atoms with Crippen molar-refractivity contribution < 1.29 is 8.83 Å². The summed E-state index contributed by atoms with van der Waals surface area (Å²) in [6, 6.07) is 61.1. The summed E-state index contributed by atoms with van der Waals surface area (Å²) in [6.45, 7) is 0. The number of benzene rings is 8. The predicted octanol–water partition coefficient (Wildman–Crippen LogP) is 13.7. The van der Waals surface area contributed by atoms with Crippen molar-refractivity contribution in [3.63, 3.8) is 0 Å². The average molecular weight is 651 g/mol. The van der Waals surface area contributed by atoms with Crippen molar-refractivity contribution in [3.8, 4) is 55.8 Å². The maximum absolute atomic E-state index is 6.74. The molecule has 51 heavy (non-hydrogen) atoms. The van der Waals surface area contributed by atoms with Crippen LogP contribution in [0.2, 0.25) is 0 Å². The van der Waals surface area contributed by atoms with E-state index in [2.05, 4.69) is 158 Å². The molecule has 2 aromatic heterocycles. The molecule has 0 amide bonds. The molecule has 0 radical (unpaired) electrons. The summed E-state index contributed by atoms with van der Waals surface area (Å²) in [6.07, 6.45) is 0.827. The summed E-state index contributed by atoms with van der Waals surface area (Å²) in [7, 11) is 0. The van der Waals surface area contributed by atoms with Crippen LogP contribution in [0.5, 0.6) is 0 Å². The molecule has 0 fully saturated rings. The molecule has 0 saturated carbocycles. The summed E-state index contributed by atoms with van der Waals surface area (Å²) >= 11 is 0. The van der Waals surface area contributed by atoms with Crippen molar-refractivity contribution in [1.29, 1.82) is 0 Å². The Bertz CT molecular complexity index is 3010. The summed E-state index contributed by atoms with van der Waals surface area (Å²) in [5.74, 6) is 0.948. The van der Waals surface area contributed by atoms with E-state index in [0.717, 1.165) is 61.8 Å². The third kappa shape index (κ3) is 4.43. The first-order chi connectivity index (χ1) is 25.2. The zero-order chi connectivity index (χ0) is 33.5. The van der Waals surface area contributed by atoms with Crippen molar-refractivity contribution in [2.75, 3.05) is 0 Å². The Kier molecular flexibility index (Phi) is 6.05. The largest absolute Gasteiger partial charge is 0.455 e. The molecule has 1 aliphatic rings. The van der Waals surface area contributed by atoms with Crippen LogP contribution in [0.3, 0.4) is 0 Å². The molecule has 238 valence electrons. The molecule has 2 heteroatoms. The summed E-state index contributed by atoms with van der Waals surface area (Å²) < 4.78 is 13.2. The van der Waals surface area contributed by atoms with Crippen LogP contribution >= 0.6 is 0 Å². The minimum Gasteiger partial charge on any atom is -0.455 e. The Morgan fingerprint density at radius 1 is 0.353 bits per heavy atom. The number of hydrogen-bond donors (Lipinski definition) is 0. The van der Waals surface area contributed by atoms with E-state index in [4.69, 9.17) is 8.83 Å². The van der Waals surface area contributed by atoms with Gasteiger partial charge in [-0.05, 0) is 92.0 Å². The lowest BCUT2D eigenvalue weighted by Crippen LogP contribution is -1.92. The smallest absolute Gasteiger partial charge is 0.143 e. The molecule has 2 heterocycles. The highest BCUT2D eigenvalue weighted by atomic mass is 16.3. The molecular weight excluding hydrogens is 621 g/mol. The number of furan rings is 2. The SMILES string of the molecule is c1cc(-c2ccc3c(c2)Cc2ccccc2-c2oc4ccc(-c5ccc6ccccc6c5)cc4c2-3)cc(-c2cccc3c2oc2ccccc23)c1. The molecule has 0 saturated heterocycles. The van der Waals surface area contributed by atoms with Crippen LogP contribution in [0.1, 0.15) is 11.1 Å². The fourth-order valence-corrected chi connectivity index (χ4v) is 8.21. The van der Waals surface area contributed by atoms with E-state index in [-0.39, 0.29) is 0 Å². The second-order valence-corrected chi connectivity index (χ2v) is 13.6. The quantitative estimate of drug-likeness (QED) is 0.190. The standard InChI is InChI=1S/C49H30O2/c1-2-10-31-25-33(20-19-30(31)9-1)35-22-24-46-44(29-35)47-39-23-21-34(27-38(39)28-36-11-3-4-14-41(36)49(47)51-46)32-12-7-13-37(26-32)40-16-8-17-43-42-15-5-6-18-45(42)50-48(40)43/h1-27,29H,28H2. The number of hydrogen-bond acceptors (Lipinski definition) is 2. The van der Waals surface area contributed by atoms with Gasteiger partial charge in [-0.2, -0.15) is 0 Å². The molecule has 0 N–H and O–H groups in total. The molecule has 0 atom stereocenters. The Labute approximate surface area is 294 Å². The molecule has 10 aromatic rings. The molecule has 0 aliphatic heterocycles. The van der Waals surface area contributed by atoms with Crippen molar-refractivity contribution in [2.24, 2.45) is 0 Å². The highest BCUT2D eigenvalue weighted by Gasteiger charge is 2.26. The number of para-hydroxylation sites is 2. The maximum atomic E-state index is 6.74. The summed E-state index contributed by atoms with van der Waals surface area (Å²) in [4.78, 5) is 0. The van der Waals surface area contributed by atoms with E-state index in [9.17, 15) is 0 Å². The third-order valence-electron chi connectivity index (χ3n) is 10.7. The Hall–Kier alpha value is -6.64. The van der Waals surface area contributed by atoms with Gasteiger partial charge in [0.25, 0.3) is 0 Å². The van der Waals surface area contributed by atoms with Gasteiger partial charge in [0.05, 0.1) is 0 Å². The van der Waals surface area contributed by atoms with Gasteiger partial charge in [-0.1, -0.05) is 140 Å². The zero-order valence-corrected chi connectivity index (χ0v) is 27.7. The van der Waals surface area contributed by atoms with Crippen LogP contribution in [0, 0.1) is 0 Å². The van der Waals surface area contributed by atoms with Gasteiger partial charge in [-0.25, -0.2) is 0 Å². The van der Waals surface area contributed by atoms with Crippen molar-refractivity contribution in [1.82, 2.24) is 0 Å². The first kappa shape index (κ1) is 28.2. The highest BCUT2D eigenvalue weighted by Crippen LogP contribution is 2.48. The van der Waals surface area contributed by atoms with Gasteiger partial charge in [0.1, 0.15) is 22.5 Å². The van der Waals surface area contributed by atoms with Crippen molar-refractivity contribution in [3.05, 3.63) is 181 Å². The number of rotatable bonds is 3. The lowest BCUT2D eigenvalue weighted by Gasteiger charge is -2.12.